The molecule has 6 heteroatoms. The van der Waals surface area contributed by atoms with Crippen molar-refractivity contribution in [1.82, 2.24) is 13.9 Å². The van der Waals surface area contributed by atoms with Gasteiger partial charge in [-0.3, -0.25) is 0 Å². The molecule has 0 radical (unpaired) electrons. The third-order valence-electron chi connectivity index (χ3n) is 4.18. The molecule has 0 aromatic heterocycles. The van der Waals surface area contributed by atoms with E-state index >= 15 is 0 Å². The van der Waals surface area contributed by atoms with Gasteiger partial charge in [-0.15, -0.1) is 0 Å². The van der Waals surface area contributed by atoms with E-state index in [1.807, 2.05) is 6.92 Å². The normalized spacial score (nSPS) is 25.6. The van der Waals surface area contributed by atoms with Crippen molar-refractivity contribution in [3.8, 4) is 0 Å². The van der Waals surface area contributed by atoms with Crippen molar-refractivity contribution < 1.29 is 8.42 Å². The molecule has 1 saturated heterocycles. The molecule has 1 aliphatic heterocycles. The fraction of sp³-hybridized carbons (Fsp3) is 1.00. The van der Waals surface area contributed by atoms with E-state index in [-0.39, 0.29) is 6.04 Å². The fourth-order valence-electron chi connectivity index (χ4n) is 2.93. The second-order valence-corrected chi connectivity index (χ2v) is 8.25. The van der Waals surface area contributed by atoms with Gasteiger partial charge in [-0.25, -0.2) is 0 Å². The van der Waals surface area contributed by atoms with Gasteiger partial charge in [0.1, 0.15) is 0 Å². The van der Waals surface area contributed by atoms with Crippen molar-refractivity contribution in [3.05, 3.63) is 0 Å². The summed E-state index contributed by atoms with van der Waals surface area (Å²) in [6.45, 7) is 9.07. The van der Waals surface area contributed by atoms with Crippen LogP contribution in [0.2, 0.25) is 0 Å². The SMILES string of the molecule is CCN(C1CC1)S(=O)(=O)N1CCCC(CNC(C)C)C1. The minimum Gasteiger partial charge on any atom is -0.314 e. The van der Waals surface area contributed by atoms with Crippen LogP contribution in [-0.2, 0) is 10.2 Å². The number of hydrogen-bond donors (Lipinski definition) is 1. The van der Waals surface area contributed by atoms with Crippen molar-refractivity contribution in [2.75, 3.05) is 26.2 Å². The number of nitrogens with one attached hydrogen (secondary N) is 1. The molecule has 0 bridgehead atoms. The van der Waals surface area contributed by atoms with Gasteiger partial charge >= 0.3 is 0 Å². The van der Waals surface area contributed by atoms with Gasteiger partial charge in [0.15, 0.2) is 0 Å². The molecule has 1 aliphatic carbocycles. The van der Waals surface area contributed by atoms with Crippen molar-refractivity contribution in [1.29, 1.82) is 0 Å². The Morgan fingerprint density at radius 3 is 2.55 bits per heavy atom. The Morgan fingerprint density at radius 2 is 2.00 bits per heavy atom. The molecule has 0 aromatic rings. The number of rotatable bonds is 7. The van der Waals surface area contributed by atoms with Crippen LogP contribution < -0.4 is 5.32 Å². The summed E-state index contributed by atoms with van der Waals surface area (Å²) in [5.41, 5.74) is 0. The molecule has 20 heavy (non-hydrogen) atoms. The third kappa shape index (κ3) is 3.93. The highest BCUT2D eigenvalue weighted by molar-refractivity contribution is 7.86. The first kappa shape index (κ1) is 16.2. The molecule has 1 unspecified atom stereocenters. The summed E-state index contributed by atoms with van der Waals surface area (Å²) in [6, 6.07) is 0.722. The topological polar surface area (TPSA) is 52.7 Å². The van der Waals surface area contributed by atoms with E-state index < -0.39 is 10.2 Å². The van der Waals surface area contributed by atoms with Crippen LogP contribution in [0.1, 0.15) is 46.5 Å². The van der Waals surface area contributed by atoms with Crippen molar-refractivity contribution in [2.45, 2.75) is 58.5 Å². The largest absolute Gasteiger partial charge is 0.314 e. The average molecular weight is 303 g/mol. The molecule has 0 amide bonds. The Hall–Kier alpha value is -0.170. The molecule has 1 N–H and O–H groups in total. The highest BCUT2D eigenvalue weighted by Crippen LogP contribution is 2.31. The molecule has 1 heterocycles. The van der Waals surface area contributed by atoms with Crippen molar-refractivity contribution in [2.24, 2.45) is 5.92 Å². The summed E-state index contributed by atoms with van der Waals surface area (Å²) >= 11 is 0. The lowest BCUT2D eigenvalue weighted by Crippen LogP contribution is -2.50. The van der Waals surface area contributed by atoms with E-state index in [4.69, 9.17) is 0 Å². The maximum absolute atomic E-state index is 12.7. The van der Waals surface area contributed by atoms with E-state index in [9.17, 15) is 8.42 Å². The van der Waals surface area contributed by atoms with Crippen LogP contribution >= 0.6 is 0 Å². The van der Waals surface area contributed by atoms with Gasteiger partial charge in [-0.2, -0.15) is 17.0 Å². The number of hydrogen-bond acceptors (Lipinski definition) is 3. The van der Waals surface area contributed by atoms with Crippen molar-refractivity contribution in [3.63, 3.8) is 0 Å². The van der Waals surface area contributed by atoms with Gasteiger partial charge in [0.2, 0.25) is 0 Å². The first-order chi connectivity index (χ1) is 9.45. The van der Waals surface area contributed by atoms with Crippen LogP contribution in [0, 0.1) is 5.92 Å². The zero-order valence-electron chi connectivity index (χ0n) is 13.0. The molecular formula is C14H29N3O2S. The molecule has 0 aromatic carbocycles. The molecule has 2 aliphatic rings. The van der Waals surface area contributed by atoms with Gasteiger partial charge in [0.25, 0.3) is 10.2 Å². The molecule has 5 nitrogen and oxygen atoms in total. The molecule has 2 fully saturated rings. The summed E-state index contributed by atoms with van der Waals surface area (Å²) in [7, 11) is -3.24. The smallest absolute Gasteiger partial charge is 0.282 e. The van der Waals surface area contributed by atoms with E-state index in [1.54, 1.807) is 8.61 Å². The van der Waals surface area contributed by atoms with Crippen molar-refractivity contribution >= 4 is 10.2 Å². The minimum absolute atomic E-state index is 0.263. The standard InChI is InChI=1S/C14H29N3O2S/c1-4-17(14-7-8-14)20(18,19)16-9-5-6-13(11-16)10-15-12(2)3/h12-15H,4-11H2,1-3H3. The van der Waals surface area contributed by atoms with Gasteiger partial charge in [0, 0.05) is 31.7 Å². The van der Waals surface area contributed by atoms with Crippen LogP contribution in [0.25, 0.3) is 0 Å². The molecule has 2 rings (SSSR count). The molecule has 1 saturated carbocycles. The highest BCUT2D eigenvalue weighted by atomic mass is 32.2. The summed E-state index contributed by atoms with van der Waals surface area (Å²) in [5, 5.41) is 3.43. The van der Waals surface area contributed by atoms with E-state index in [0.717, 1.165) is 32.2 Å². The van der Waals surface area contributed by atoms with E-state index in [0.29, 0.717) is 31.6 Å². The van der Waals surface area contributed by atoms with Gasteiger partial charge < -0.3 is 5.32 Å². The number of nitrogens with zero attached hydrogens (tertiary/aromatic N) is 2. The van der Waals surface area contributed by atoms with Crippen LogP contribution in [0.5, 0.6) is 0 Å². The summed E-state index contributed by atoms with van der Waals surface area (Å²) in [4.78, 5) is 0. The third-order valence-corrected chi connectivity index (χ3v) is 6.32. The first-order valence-corrected chi connectivity index (χ1v) is 9.35. The second kappa shape index (κ2) is 6.73. The molecule has 0 spiro atoms. The summed E-state index contributed by atoms with van der Waals surface area (Å²) < 4.78 is 28.8. The van der Waals surface area contributed by atoms with E-state index in [2.05, 4.69) is 19.2 Å². The van der Waals surface area contributed by atoms with Gasteiger partial charge in [-0.1, -0.05) is 20.8 Å². The lowest BCUT2D eigenvalue weighted by Gasteiger charge is -2.35. The summed E-state index contributed by atoms with van der Waals surface area (Å²) in [5.74, 6) is 0.443. The predicted octanol–water partition coefficient (Wildman–Crippen LogP) is 1.43. The second-order valence-electron chi connectivity index (χ2n) is 6.37. The molecule has 118 valence electrons. The monoisotopic (exact) mass is 303 g/mol. The van der Waals surface area contributed by atoms with Crippen LogP contribution in [0.4, 0.5) is 0 Å². The van der Waals surface area contributed by atoms with Crippen LogP contribution in [0.3, 0.4) is 0 Å². The van der Waals surface area contributed by atoms with Gasteiger partial charge in [0.05, 0.1) is 0 Å². The highest BCUT2D eigenvalue weighted by Gasteiger charge is 2.40. The Bertz CT molecular complexity index is 407. The quantitative estimate of drug-likeness (QED) is 0.774. The summed E-state index contributed by atoms with van der Waals surface area (Å²) in [6.07, 6.45) is 4.16. The zero-order chi connectivity index (χ0) is 14.8. The van der Waals surface area contributed by atoms with E-state index in [1.165, 1.54) is 0 Å². The average Bonchev–Trinajstić information content (AvgIpc) is 3.22. The van der Waals surface area contributed by atoms with Crippen LogP contribution in [0.15, 0.2) is 0 Å². The fourth-order valence-corrected chi connectivity index (χ4v) is 4.90. The predicted molar refractivity (Wildman–Crippen MR) is 81.8 cm³/mol. The Morgan fingerprint density at radius 1 is 1.30 bits per heavy atom. The zero-order valence-corrected chi connectivity index (χ0v) is 13.8. The Kier molecular flexibility index (Phi) is 5.45. The number of piperidine rings is 1. The van der Waals surface area contributed by atoms with Crippen LogP contribution in [-0.4, -0.2) is 55.3 Å². The first-order valence-electron chi connectivity index (χ1n) is 7.95. The Labute approximate surface area is 123 Å². The Balaban J connectivity index is 1.96. The van der Waals surface area contributed by atoms with Gasteiger partial charge in [-0.05, 0) is 38.1 Å². The molecular weight excluding hydrogens is 274 g/mol. The molecule has 1 atom stereocenters. The lowest BCUT2D eigenvalue weighted by atomic mass is 9.99. The maximum atomic E-state index is 12.7. The maximum Gasteiger partial charge on any atom is 0.282 e. The minimum atomic E-state index is -3.24. The lowest BCUT2D eigenvalue weighted by molar-refractivity contribution is 0.239.